The molecule has 5 nitrogen and oxygen atoms in total. The van der Waals surface area contributed by atoms with Crippen molar-refractivity contribution in [3.05, 3.63) is 0 Å². The van der Waals surface area contributed by atoms with Crippen LogP contribution >= 0.6 is 0 Å². The lowest BCUT2D eigenvalue weighted by molar-refractivity contribution is -0.164. The Morgan fingerprint density at radius 1 is 1.80 bits per heavy atom. The zero-order chi connectivity index (χ0) is 7.98. The Bertz CT molecular complexity index is 121. The largest absolute Gasteiger partial charge is 0.480 e. The average molecular weight is 148 g/mol. The summed E-state index contributed by atoms with van der Waals surface area (Å²) >= 11 is 0. The minimum absolute atomic E-state index is 0.378. The number of aliphatic carboxylic acids is 1. The van der Waals surface area contributed by atoms with Crippen molar-refractivity contribution in [1.82, 2.24) is 0 Å². The van der Waals surface area contributed by atoms with Gasteiger partial charge in [0.2, 0.25) is 6.29 Å². The maximum absolute atomic E-state index is 9.91. The summed E-state index contributed by atoms with van der Waals surface area (Å²) in [5.41, 5.74) is 0. The van der Waals surface area contributed by atoms with Gasteiger partial charge in [-0.3, -0.25) is 4.79 Å². The van der Waals surface area contributed by atoms with Crippen molar-refractivity contribution >= 4 is 12.3 Å². The van der Waals surface area contributed by atoms with Crippen molar-refractivity contribution in [2.75, 3.05) is 13.7 Å². The highest BCUT2D eigenvalue weighted by Crippen LogP contribution is 1.86. The van der Waals surface area contributed by atoms with Crippen LogP contribution in [0.25, 0.3) is 0 Å². The van der Waals surface area contributed by atoms with Crippen molar-refractivity contribution in [1.29, 1.82) is 0 Å². The van der Waals surface area contributed by atoms with E-state index in [1.54, 1.807) is 0 Å². The molecule has 58 valence electrons. The first-order chi connectivity index (χ1) is 4.70. The van der Waals surface area contributed by atoms with Crippen LogP contribution in [-0.2, 0) is 19.1 Å². The summed E-state index contributed by atoms with van der Waals surface area (Å²) in [4.78, 5) is 19.7. The Hall–Kier alpha value is -0.940. The van der Waals surface area contributed by atoms with Gasteiger partial charge in [-0.1, -0.05) is 0 Å². The zero-order valence-corrected chi connectivity index (χ0v) is 5.44. The van der Waals surface area contributed by atoms with Crippen LogP contribution in [0.1, 0.15) is 0 Å². The lowest BCUT2D eigenvalue weighted by atomic mass is 10.7. The van der Waals surface area contributed by atoms with Crippen LogP contribution in [0.5, 0.6) is 0 Å². The number of carboxylic acids is 1. The van der Waals surface area contributed by atoms with Gasteiger partial charge in [0.25, 0.3) is 0 Å². The number of carbonyl (C=O) groups excluding carboxylic acids is 1. The molecule has 0 aliphatic heterocycles. The minimum Gasteiger partial charge on any atom is -0.480 e. The second-order valence-electron chi connectivity index (χ2n) is 1.44. The van der Waals surface area contributed by atoms with Crippen molar-refractivity contribution < 1.29 is 24.2 Å². The Morgan fingerprint density at radius 3 is 2.70 bits per heavy atom. The number of hydrogen-bond donors (Lipinski definition) is 1. The van der Waals surface area contributed by atoms with Crippen LogP contribution in [0.3, 0.4) is 0 Å². The lowest BCUT2D eigenvalue weighted by Gasteiger charge is -2.05. The SMILES string of the molecule is CO[C@@H](C=O)OCC(=O)O. The third-order valence-electron chi connectivity index (χ3n) is 0.714. The van der Waals surface area contributed by atoms with Crippen molar-refractivity contribution in [3.63, 3.8) is 0 Å². The molecule has 0 rings (SSSR count). The summed E-state index contributed by atoms with van der Waals surface area (Å²) in [5, 5.41) is 8.06. The van der Waals surface area contributed by atoms with E-state index in [2.05, 4.69) is 9.47 Å². The number of ether oxygens (including phenoxy) is 2. The Labute approximate surface area is 57.5 Å². The molecule has 0 amide bonds. The Balaban J connectivity index is 3.44. The summed E-state index contributed by atoms with van der Waals surface area (Å²) in [6.07, 6.45) is -0.695. The van der Waals surface area contributed by atoms with Gasteiger partial charge in [-0.15, -0.1) is 0 Å². The molecule has 1 atom stereocenters. The summed E-state index contributed by atoms with van der Waals surface area (Å²) in [5.74, 6) is -1.14. The van der Waals surface area contributed by atoms with E-state index < -0.39 is 18.9 Å². The van der Waals surface area contributed by atoms with E-state index in [0.717, 1.165) is 0 Å². The van der Waals surface area contributed by atoms with Crippen molar-refractivity contribution in [2.45, 2.75) is 6.29 Å². The topological polar surface area (TPSA) is 72.8 Å². The van der Waals surface area contributed by atoms with Crippen LogP contribution in [0.4, 0.5) is 0 Å². The predicted octanol–water partition coefficient (Wildman–Crippen LogP) is -0.741. The van der Waals surface area contributed by atoms with Gasteiger partial charge in [-0.05, 0) is 0 Å². The summed E-state index contributed by atoms with van der Waals surface area (Å²) in [6, 6.07) is 0. The Morgan fingerprint density at radius 2 is 2.40 bits per heavy atom. The van der Waals surface area contributed by atoms with E-state index in [1.165, 1.54) is 7.11 Å². The van der Waals surface area contributed by atoms with Gasteiger partial charge in [0, 0.05) is 7.11 Å². The molecule has 5 heteroatoms. The van der Waals surface area contributed by atoms with Crippen LogP contribution in [0, 0.1) is 0 Å². The number of carbonyl (C=O) groups is 2. The molecular formula is C5H8O5. The molecule has 1 N–H and O–H groups in total. The summed E-state index contributed by atoms with van der Waals surface area (Å²) < 4.78 is 8.81. The van der Waals surface area contributed by atoms with Crippen LogP contribution in [-0.4, -0.2) is 37.4 Å². The zero-order valence-electron chi connectivity index (χ0n) is 5.44. The quantitative estimate of drug-likeness (QED) is 0.410. The van der Waals surface area contributed by atoms with Gasteiger partial charge < -0.3 is 14.6 Å². The molecule has 0 saturated heterocycles. The van der Waals surface area contributed by atoms with E-state index in [4.69, 9.17) is 5.11 Å². The lowest BCUT2D eigenvalue weighted by Crippen LogP contribution is -2.20. The van der Waals surface area contributed by atoms with Crippen LogP contribution in [0.15, 0.2) is 0 Å². The van der Waals surface area contributed by atoms with Gasteiger partial charge in [0.15, 0.2) is 6.29 Å². The first-order valence-corrected chi connectivity index (χ1v) is 2.52. The Kier molecular flexibility index (Phi) is 4.43. The highest BCUT2D eigenvalue weighted by atomic mass is 16.7. The molecule has 0 spiro atoms. The second-order valence-corrected chi connectivity index (χ2v) is 1.44. The number of hydrogen-bond acceptors (Lipinski definition) is 4. The van der Waals surface area contributed by atoms with Crippen LogP contribution in [0.2, 0.25) is 0 Å². The summed E-state index contributed by atoms with van der Waals surface area (Å²) in [7, 11) is 1.25. The number of carboxylic acid groups (broad SMARTS) is 1. The third kappa shape index (κ3) is 3.99. The standard InChI is InChI=1S/C5H8O5/c1-9-5(2-6)10-3-4(7)8/h2,5H,3H2,1H3,(H,7,8)/t5-/m1/s1. The van der Waals surface area contributed by atoms with E-state index in [0.29, 0.717) is 6.29 Å². The van der Waals surface area contributed by atoms with E-state index in [-0.39, 0.29) is 0 Å². The first kappa shape index (κ1) is 9.06. The molecule has 0 bridgehead atoms. The predicted molar refractivity (Wildman–Crippen MR) is 30.4 cm³/mol. The van der Waals surface area contributed by atoms with Crippen molar-refractivity contribution in [2.24, 2.45) is 0 Å². The molecule has 0 radical (unpaired) electrons. The van der Waals surface area contributed by atoms with Gasteiger partial charge >= 0.3 is 5.97 Å². The smallest absolute Gasteiger partial charge is 0.329 e. The molecule has 0 aliphatic rings. The normalized spacial score (nSPS) is 12.5. The third-order valence-corrected chi connectivity index (χ3v) is 0.714. The number of methoxy groups -OCH3 is 1. The van der Waals surface area contributed by atoms with E-state index in [1.807, 2.05) is 0 Å². The second kappa shape index (κ2) is 4.89. The maximum atomic E-state index is 9.91. The molecular weight excluding hydrogens is 140 g/mol. The molecule has 0 aromatic rings. The fraction of sp³-hybridized carbons (Fsp3) is 0.600. The first-order valence-electron chi connectivity index (χ1n) is 2.52. The molecule has 0 fully saturated rings. The molecule has 0 unspecified atom stereocenters. The van der Waals surface area contributed by atoms with Crippen molar-refractivity contribution in [3.8, 4) is 0 Å². The van der Waals surface area contributed by atoms with E-state index in [9.17, 15) is 9.59 Å². The molecule has 10 heavy (non-hydrogen) atoms. The highest BCUT2D eigenvalue weighted by molar-refractivity contribution is 5.68. The highest BCUT2D eigenvalue weighted by Gasteiger charge is 2.06. The van der Waals surface area contributed by atoms with E-state index >= 15 is 0 Å². The van der Waals surface area contributed by atoms with Crippen LogP contribution < -0.4 is 0 Å². The maximum Gasteiger partial charge on any atom is 0.329 e. The van der Waals surface area contributed by atoms with Gasteiger partial charge in [0.1, 0.15) is 6.61 Å². The minimum atomic E-state index is -1.14. The fourth-order valence-corrected chi connectivity index (χ4v) is 0.316. The van der Waals surface area contributed by atoms with Gasteiger partial charge in [-0.25, -0.2) is 4.79 Å². The van der Waals surface area contributed by atoms with Gasteiger partial charge in [0.05, 0.1) is 0 Å². The monoisotopic (exact) mass is 148 g/mol. The average Bonchev–Trinajstić information content (AvgIpc) is 1.90. The summed E-state index contributed by atoms with van der Waals surface area (Å²) in [6.45, 7) is -0.531. The number of aldehydes is 1. The molecule has 0 heterocycles. The molecule has 0 aliphatic carbocycles. The van der Waals surface area contributed by atoms with Gasteiger partial charge in [-0.2, -0.15) is 0 Å². The molecule has 0 aromatic heterocycles. The number of rotatable bonds is 5. The molecule has 0 aromatic carbocycles. The molecule has 0 saturated carbocycles. The fourth-order valence-electron chi connectivity index (χ4n) is 0.316.